The first kappa shape index (κ1) is 12.8. The van der Waals surface area contributed by atoms with Crippen LogP contribution in [-0.4, -0.2) is 35.5 Å². The third kappa shape index (κ3) is 4.08. The van der Waals surface area contributed by atoms with Gasteiger partial charge in [0.25, 0.3) is 0 Å². The molecule has 0 bridgehead atoms. The van der Waals surface area contributed by atoms with Crippen LogP contribution < -0.4 is 5.73 Å². The van der Waals surface area contributed by atoms with Crippen molar-refractivity contribution in [3.8, 4) is 0 Å². The van der Waals surface area contributed by atoms with Crippen LogP contribution in [0.15, 0.2) is 23.5 Å². The van der Waals surface area contributed by atoms with Crippen molar-refractivity contribution in [2.45, 2.75) is 5.75 Å². The molecular weight excluding hydrogens is 226 g/mol. The Hall–Kier alpha value is -1.27. The lowest BCUT2D eigenvalue weighted by atomic mass is 10.2. The highest BCUT2D eigenvalue weighted by Gasteiger charge is 2.02. The van der Waals surface area contributed by atoms with Gasteiger partial charge in [-0.15, -0.1) is 0 Å². The van der Waals surface area contributed by atoms with Crippen molar-refractivity contribution in [3.05, 3.63) is 29.6 Å². The summed E-state index contributed by atoms with van der Waals surface area (Å²) in [5.41, 5.74) is 7.04. The summed E-state index contributed by atoms with van der Waals surface area (Å²) in [6, 6.07) is 3.73. The summed E-state index contributed by atoms with van der Waals surface area (Å²) in [5, 5.41) is 11.4. The van der Waals surface area contributed by atoms with E-state index < -0.39 is 0 Å². The maximum Gasteiger partial charge on any atom is 0.188 e. The summed E-state index contributed by atoms with van der Waals surface area (Å²) in [5.74, 6) is 1.83. The van der Waals surface area contributed by atoms with Gasteiger partial charge in [-0.3, -0.25) is 4.98 Å². The topological polar surface area (TPSA) is 80.7 Å². The van der Waals surface area contributed by atoms with Crippen LogP contribution in [0, 0.1) is 0 Å². The van der Waals surface area contributed by atoms with E-state index >= 15 is 0 Å². The number of hydrogen-bond donors (Lipinski definition) is 2. The van der Waals surface area contributed by atoms with Crippen molar-refractivity contribution in [1.29, 1.82) is 0 Å². The summed E-state index contributed by atoms with van der Waals surface area (Å²) in [6.45, 7) is 0.739. The summed E-state index contributed by atoms with van der Waals surface area (Å²) >= 11 is 1.76. The van der Waals surface area contributed by atoms with E-state index in [1.54, 1.807) is 25.1 Å². The molecule has 1 rings (SSSR count). The van der Waals surface area contributed by atoms with E-state index in [1.165, 1.54) is 0 Å². The Bertz CT molecular complexity index is 358. The predicted octanol–water partition coefficient (Wildman–Crippen LogP) is 1.06. The van der Waals surface area contributed by atoms with Gasteiger partial charge in [-0.2, -0.15) is 11.8 Å². The van der Waals surface area contributed by atoms with E-state index in [1.807, 2.05) is 12.1 Å². The molecule has 0 aromatic carbocycles. The molecule has 1 heterocycles. The molecule has 0 unspecified atom stereocenters. The zero-order valence-electron chi connectivity index (χ0n) is 9.09. The third-order valence-corrected chi connectivity index (χ3v) is 2.89. The van der Waals surface area contributed by atoms with E-state index in [2.05, 4.69) is 10.1 Å². The molecule has 5 nitrogen and oxygen atoms in total. The molecule has 0 fully saturated rings. The minimum Gasteiger partial charge on any atom is -0.409 e. The number of aromatic nitrogens is 1. The number of amidine groups is 1. The smallest absolute Gasteiger partial charge is 0.188 e. The van der Waals surface area contributed by atoms with Gasteiger partial charge in [-0.05, 0) is 17.7 Å². The van der Waals surface area contributed by atoms with Gasteiger partial charge >= 0.3 is 0 Å². The maximum atomic E-state index is 8.53. The zero-order valence-corrected chi connectivity index (χ0v) is 9.91. The summed E-state index contributed by atoms with van der Waals surface area (Å²) in [6.07, 6.45) is 1.65. The second kappa shape index (κ2) is 7.08. The van der Waals surface area contributed by atoms with Crippen LogP contribution in [0.1, 0.15) is 11.3 Å². The molecular formula is C10H15N3O2S. The van der Waals surface area contributed by atoms with Crippen molar-refractivity contribution >= 4 is 17.6 Å². The number of methoxy groups -OCH3 is 1. The molecule has 6 heteroatoms. The highest BCUT2D eigenvalue weighted by Crippen LogP contribution is 2.12. The number of hydrogen-bond acceptors (Lipinski definition) is 5. The average molecular weight is 241 g/mol. The SMILES string of the molecule is COCCSCc1ccnc(C(N)=NO)c1. The van der Waals surface area contributed by atoms with E-state index in [4.69, 9.17) is 15.7 Å². The largest absolute Gasteiger partial charge is 0.409 e. The van der Waals surface area contributed by atoms with Gasteiger partial charge < -0.3 is 15.7 Å². The quantitative estimate of drug-likeness (QED) is 0.256. The van der Waals surface area contributed by atoms with E-state index in [0.29, 0.717) is 5.69 Å². The Labute approximate surface area is 98.7 Å². The molecule has 88 valence electrons. The molecule has 0 saturated carbocycles. The van der Waals surface area contributed by atoms with Crippen molar-refractivity contribution in [2.75, 3.05) is 19.5 Å². The normalized spacial score (nSPS) is 11.7. The van der Waals surface area contributed by atoms with Crippen LogP contribution in [0.3, 0.4) is 0 Å². The van der Waals surface area contributed by atoms with E-state index in [9.17, 15) is 0 Å². The second-order valence-corrected chi connectivity index (χ2v) is 4.19. The molecule has 3 N–H and O–H groups in total. The Morgan fingerprint density at radius 2 is 2.50 bits per heavy atom. The Morgan fingerprint density at radius 1 is 1.69 bits per heavy atom. The van der Waals surface area contributed by atoms with Crippen LogP contribution in [0.25, 0.3) is 0 Å². The fraction of sp³-hybridized carbons (Fsp3) is 0.400. The first-order valence-corrected chi connectivity index (χ1v) is 5.93. The fourth-order valence-corrected chi connectivity index (χ4v) is 1.93. The molecule has 1 aromatic rings. The number of nitrogens with zero attached hydrogens (tertiary/aromatic N) is 2. The molecule has 0 atom stereocenters. The highest BCUT2D eigenvalue weighted by molar-refractivity contribution is 7.98. The summed E-state index contributed by atoms with van der Waals surface area (Å²) in [7, 11) is 1.68. The number of ether oxygens (including phenoxy) is 1. The number of pyridine rings is 1. The van der Waals surface area contributed by atoms with E-state index in [-0.39, 0.29) is 5.84 Å². The van der Waals surface area contributed by atoms with Crippen LogP contribution in [0.5, 0.6) is 0 Å². The average Bonchev–Trinajstić information content (AvgIpc) is 2.34. The number of thioether (sulfide) groups is 1. The van der Waals surface area contributed by atoms with Crippen LogP contribution in [-0.2, 0) is 10.5 Å². The van der Waals surface area contributed by atoms with Crippen molar-refractivity contribution in [3.63, 3.8) is 0 Å². The number of rotatable bonds is 6. The van der Waals surface area contributed by atoms with E-state index in [0.717, 1.165) is 23.7 Å². The Kier molecular flexibility index (Phi) is 5.66. The standard InChI is InChI=1S/C10H15N3O2S/c1-15-4-5-16-7-8-2-3-12-9(6-8)10(11)13-14/h2-3,6,14H,4-5,7H2,1H3,(H2,11,13). The molecule has 0 aliphatic carbocycles. The summed E-state index contributed by atoms with van der Waals surface area (Å²) in [4.78, 5) is 4.00. The molecule has 0 aliphatic rings. The lowest BCUT2D eigenvalue weighted by molar-refractivity contribution is 0.218. The van der Waals surface area contributed by atoms with Crippen molar-refractivity contribution < 1.29 is 9.94 Å². The van der Waals surface area contributed by atoms with Gasteiger partial charge in [-0.25, -0.2) is 0 Å². The first-order chi connectivity index (χ1) is 7.77. The lowest BCUT2D eigenvalue weighted by Crippen LogP contribution is -2.15. The molecule has 0 radical (unpaired) electrons. The second-order valence-electron chi connectivity index (χ2n) is 3.08. The molecule has 16 heavy (non-hydrogen) atoms. The molecule has 0 spiro atoms. The van der Waals surface area contributed by atoms with Crippen LogP contribution >= 0.6 is 11.8 Å². The summed E-state index contributed by atoms with van der Waals surface area (Å²) < 4.78 is 4.95. The fourth-order valence-electron chi connectivity index (χ4n) is 1.09. The predicted molar refractivity (Wildman–Crippen MR) is 64.8 cm³/mol. The van der Waals surface area contributed by atoms with Crippen molar-refractivity contribution in [2.24, 2.45) is 10.9 Å². The molecule has 1 aromatic heterocycles. The Balaban J connectivity index is 2.54. The molecule has 0 amide bonds. The van der Waals surface area contributed by atoms with Crippen molar-refractivity contribution in [1.82, 2.24) is 4.98 Å². The highest BCUT2D eigenvalue weighted by atomic mass is 32.2. The Morgan fingerprint density at radius 3 is 3.19 bits per heavy atom. The first-order valence-electron chi connectivity index (χ1n) is 4.77. The number of nitrogens with two attached hydrogens (primary N) is 1. The van der Waals surface area contributed by atoms with Gasteiger partial charge in [-0.1, -0.05) is 5.16 Å². The minimum atomic E-state index is 0.0312. The van der Waals surface area contributed by atoms with Crippen LogP contribution in [0.2, 0.25) is 0 Å². The third-order valence-electron chi connectivity index (χ3n) is 1.90. The van der Waals surface area contributed by atoms with Gasteiger partial charge in [0.05, 0.1) is 6.61 Å². The van der Waals surface area contributed by atoms with Gasteiger partial charge in [0.1, 0.15) is 5.69 Å². The number of oxime groups is 1. The van der Waals surface area contributed by atoms with Gasteiger partial charge in [0.2, 0.25) is 0 Å². The molecule has 0 aliphatic heterocycles. The zero-order chi connectivity index (χ0) is 11.8. The lowest BCUT2D eigenvalue weighted by Gasteiger charge is -2.03. The minimum absolute atomic E-state index is 0.0312. The molecule has 0 saturated heterocycles. The van der Waals surface area contributed by atoms with Crippen LogP contribution in [0.4, 0.5) is 0 Å². The maximum absolute atomic E-state index is 8.53. The van der Waals surface area contributed by atoms with Gasteiger partial charge in [0.15, 0.2) is 5.84 Å². The van der Waals surface area contributed by atoms with Gasteiger partial charge in [0, 0.05) is 24.8 Å². The monoisotopic (exact) mass is 241 g/mol.